The molecule has 1 aromatic carbocycles. The third-order valence-electron chi connectivity index (χ3n) is 2.90. The molecule has 2 aromatic rings. The van der Waals surface area contributed by atoms with Crippen LogP contribution >= 0.6 is 22.6 Å². The fourth-order valence-corrected chi connectivity index (χ4v) is 2.44. The molecule has 1 heterocycles. The molecule has 2 rings (SSSR count). The number of carbonyl (C=O) groups is 1. The Morgan fingerprint density at radius 2 is 2.11 bits per heavy atom. The van der Waals surface area contributed by atoms with Crippen molar-refractivity contribution >= 4 is 39.7 Å². The van der Waals surface area contributed by atoms with Gasteiger partial charge < -0.3 is 9.52 Å². The zero-order valence-corrected chi connectivity index (χ0v) is 12.4. The fraction of sp³-hybridized carbons (Fsp3) is 0.385. The monoisotopic (exact) mass is 375 g/mol. The highest BCUT2D eigenvalue weighted by Crippen LogP contribution is 2.17. The van der Waals surface area contributed by atoms with Crippen molar-refractivity contribution in [2.75, 3.05) is 0 Å². The highest BCUT2D eigenvalue weighted by Gasteiger charge is 2.09. The third-order valence-corrected chi connectivity index (χ3v) is 3.57. The molecule has 0 spiro atoms. The Balaban J connectivity index is 2.02. The number of hydrogen-bond acceptors (Lipinski definition) is 3. The summed E-state index contributed by atoms with van der Waals surface area (Å²) >= 11 is 2.17. The zero-order valence-electron chi connectivity index (χ0n) is 10.3. The molecule has 0 bridgehead atoms. The minimum atomic E-state index is -0.777. The van der Waals surface area contributed by atoms with Gasteiger partial charge >= 0.3 is 11.7 Å². The molecule has 0 saturated heterocycles. The van der Waals surface area contributed by atoms with Crippen molar-refractivity contribution in [2.24, 2.45) is 0 Å². The quantitative estimate of drug-likeness (QED) is 0.623. The summed E-state index contributed by atoms with van der Waals surface area (Å²) in [5, 5.41) is 8.54. The van der Waals surface area contributed by atoms with Crippen molar-refractivity contribution in [2.45, 2.75) is 32.2 Å². The molecule has 1 N–H and O–H groups in total. The lowest BCUT2D eigenvalue weighted by Crippen LogP contribution is -2.14. The maximum absolute atomic E-state index is 11.7. The van der Waals surface area contributed by atoms with E-state index in [1.165, 1.54) is 0 Å². The first kappa shape index (κ1) is 14.1. The molecule has 0 radical (unpaired) electrons. The topological polar surface area (TPSA) is 72.4 Å². The van der Waals surface area contributed by atoms with Crippen LogP contribution in [0.1, 0.15) is 25.7 Å². The average Bonchev–Trinajstić information content (AvgIpc) is 2.64. The summed E-state index contributed by atoms with van der Waals surface area (Å²) in [5.74, 6) is -1.13. The molecular formula is C13H14INO4. The van der Waals surface area contributed by atoms with Gasteiger partial charge in [-0.05, 0) is 53.6 Å². The van der Waals surface area contributed by atoms with Gasteiger partial charge in [-0.25, -0.2) is 4.79 Å². The number of oxazole rings is 1. The van der Waals surface area contributed by atoms with Crippen molar-refractivity contribution in [3.8, 4) is 0 Å². The maximum atomic E-state index is 11.7. The molecule has 1 aromatic heterocycles. The second-order valence-electron chi connectivity index (χ2n) is 4.34. The molecule has 6 heteroatoms. The number of rotatable bonds is 6. The van der Waals surface area contributed by atoms with Crippen LogP contribution in [0.4, 0.5) is 0 Å². The van der Waals surface area contributed by atoms with Gasteiger partial charge in [-0.3, -0.25) is 9.36 Å². The van der Waals surface area contributed by atoms with Crippen LogP contribution in [0.2, 0.25) is 0 Å². The molecule has 102 valence electrons. The smallest absolute Gasteiger partial charge is 0.419 e. The van der Waals surface area contributed by atoms with Crippen LogP contribution in [-0.2, 0) is 11.3 Å². The van der Waals surface area contributed by atoms with Crippen molar-refractivity contribution in [1.82, 2.24) is 4.57 Å². The predicted molar refractivity (Wildman–Crippen MR) is 79.3 cm³/mol. The van der Waals surface area contributed by atoms with Crippen molar-refractivity contribution in [3.05, 3.63) is 32.3 Å². The van der Waals surface area contributed by atoms with E-state index >= 15 is 0 Å². The normalized spacial score (nSPS) is 11.0. The Bertz CT molecular complexity index is 644. The number of carboxylic acid groups (broad SMARTS) is 1. The molecule has 0 aliphatic heterocycles. The van der Waals surface area contributed by atoms with Crippen molar-refractivity contribution in [1.29, 1.82) is 0 Å². The van der Waals surface area contributed by atoms with Gasteiger partial charge in [0, 0.05) is 16.5 Å². The molecule has 0 atom stereocenters. The Morgan fingerprint density at radius 1 is 1.32 bits per heavy atom. The van der Waals surface area contributed by atoms with E-state index in [1.807, 2.05) is 18.2 Å². The van der Waals surface area contributed by atoms with E-state index in [9.17, 15) is 9.59 Å². The second-order valence-corrected chi connectivity index (χ2v) is 5.58. The number of aryl methyl sites for hydroxylation is 1. The first-order valence-electron chi connectivity index (χ1n) is 6.08. The van der Waals surface area contributed by atoms with E-state index in [0.717, 1.165) is 21.9 Å². The number of hydrogen-bond donors (Lipinski definition) is 1. The summed E-state index contributed by atoms with van der Waals surface area (Å²) in [5.41, 5.74) is 1.39. The number of aliphatic carboxylic acids is 1. The van der Waals surface area contributed by atoms with E-state index in [4.69, 9.17) is 9.52 Å². The number of carboxylic acids is 1. The standard InChI is InChI=1S/C13H14INO4/c14-9-5-6-10-11(8-9)19-13(18)15(10)7-3-1-2-4-12(16)17/h5-6,8H,1-4,7H2,(H,16,17). The second kappa shape index (κ2) is 6.23. The lowest BCUT2D eigenvalue weighted by molar-refractivity contribution is -0.137. The summed E-state index contributed by atoms with van der Waals surface area (Å²) < 4.78 is 7.81. The van der Waals surface area contributed by atoms with Crippen LogP contribution in [0.25, 0.3) is 11.1 Å². The van der Waals surface area contributed by atoms with Crippen LogP contribution < -0.4 is 5.76 Å². The van der Waals surface area contributed by atoms with E-state index in [0.29, 0.717) is 18.5 Å². The van der Waals surface area contributed by atoms with Crippen molar-refractivity contribution < 1.29 is 14.3 Å². The number of halogens is 1. The lowest BCUT2D eigenvalue weighted by atomic mass is 10.2. The SMILES string of the molecule is O=C(O)CCCCCn1c(=O)oc2cc(I)ccc21. The van der Waals surface area contributed by atoms with Crippen LogP contribution in [0.5, 0.6) is 0 Å². The molecule has 0 amide bonds. The summed E-state index contributed by atoms with van der Waals surface area (Å²) in [6.45, 7) is 0.562. The lowest BCUT2D eigenvalue weighted by Gasteiger charge is -2.01. The van der Waals surface area contributed by atoms with Gasteiger partial charge in [0.05, 0.1) is 5.52 Å². The molecule has 0 saturated carbocycles. The first-order chi connectivity index (χ1) is 9.08. The van der Waals surface area contributed by atoms with Gasteiger partial charge in [-0.2, -0.15) is 0 Å². The fourth-order valence-electron chi connectivity index (χ4n) is 1.97. The number of nitrogens with zero attached hydrogens (tertiary/aromatic N) is 1. The van der Waals surface area contributed by atoms with Gasteiger partial charge in [-0.15, -0.1) is 0 Å². The van der Waals surface area contributed by atoms with Crippen molar-refractivity contribution in [3.63, 3.8) is 0 Å². The molecule has 0 aliphatic carbocycles. The van der Waals surface area contributed by atoms with E-state index in [2.05, 4.69) is 22.6 Å². The molecule has 5 nitrogen and oxygen atoms in total. The molecule has 0 fully saturated rings. The van der Waals surface area contributed by atoms with Crippen LogP contribution in [0, 0.1) is 3.57 Å². The Kier molecular flexibility index (Phi) is 4.62. The Morgan fingerprint density at radius 3 is 2.84 bits per heavy atom. The highest BCUT2D eigenvalue weighted by molar-refractivity contribution is 14.1. The Hall–Kier alpha value is -1.31. The minimum Gasteiger partial charge on any atom is -0.481 e. The van der Waals surface area contributed by atoms with Gasteiger partial charge in [0.1, 0.15) is 0 Å². The van der Waals surface area contributed by atoms with Gasteiger partial charge in [0.2, 0.25) is 0 Å². The van der Waals surface area contributed by atoms with Crippen LogP contribution in [0.15, 0.2) is 27.4 Å². The molecular weight excluding hydrogens is 361 g/mol. The summed E-state index contributed by atoms with van der Waals surface area (Å²) in [4.78, 5) is 22.1. The molecule has 0 aliphatic rings. The van der Waals surface area contributed by atoms with E-state index < -0.39 is 5.97 Å². The average molecular weight is 375 g/mol. The predicted octanol–water partition coefficient (Wildman–Crippen LogP) is 2.84. The summed E-state index contributed by atoms with van der Waals surface area (Å²) in [7, 11) is 0. The summed E-state index contributed by atoms with van der Waals surface area (Å²) in [6.07, 6.45) is 2.38. The highest BCUT2D eigenvalue weighted by atomic mass is 127. The molecule has 19 heavy (non-hydrogen) atoms. The number of fused-ring (bicyclic) bond motifs is 1. The van der Waals surface area contributed by atoms with E-state index in [-0.39, 0.29) is 12.2 Å². The zero-order chi connectivity index (χ0) is 13.8. The molecule has 0 unspecified atom stereocenters. The minimum absolute atomic E-state index is 0.180. The van der Waals surface area contributed by atoms with Gasteiger partial charge in [-0.1, -0.05) is 6.42 Å². The largest absolute Gasteiger partial charge is 0.481 e. The number of benzene rings is 1. The van der Waals surface area contributed by atoms with E-state index in [1.54, 1.807) is 4.57 Å². The van der Waals surface area contributed by atoms with Gasteiger partial charge in [0.25, 0.3) is 0 Å². The maximum Gasteiger partial charge on any atom is 0.419 e. The third kappa shape index (κ3) is 3.59. The van der Waals surface area contributed by atoms with Gasteiger partial charge in [0.15, 0.2) is 5.58 Å². The first-order valence-corrected chi connectivity index (χ1v) is 7.16. The van der Waals surface area contributed by atoms with Crippen LogP contribution in [-0.4, -0.2) is 15.6 Å². The Labute approximate surface area is 123 Å². The summed E-state index contributed by atoms with van der Waals surface area (Å²) in [6, 6.07) is 5.64. The number of unbranched alkanes of at least 4 members (excludes halogenated alkanes) is 2. The number of aromatic nitrogens is 1. The van der Waals surface area contributed by atoms with Crippen LogP contribution in [0.3, 0.4) is 0 Å².